The van der Waals surface area contributed by atoms with Gasteiger partial charge in [0, 0.05) is 23.4 Å². The number of hydrogen-bond acceptors (Lipinski definition) is 3. The maximum atomic E-state index is 12.6. The Morgan fingerprint density at radius 3 is 2.53 bits per heavy atom. The second-order valence-electron chi connectivity index (χ2n) is 4.98. The molecule has 0 bridgehead atoms. The van der Waals surface area contributed by atoms with Gasteiger partial charge in [0.25, 0.3) is 0 Å². The van der Waals surface area contributed by atoms with Gasteiger partial charge in [-0.1, -0.05) is 36.8 Å². The van der Waals surface area contributed by atoms with E-state index in [-0.39, 0.29) is 5.78 Å². The topological polar surface area (TPSA) is 56.0 Å². The molecule has 0 saturated heterocycles. The molecule has 1 saturated carbocycles. The zero-order valence-corrected chi connectivity index (χ0v) is 10.7. The van der Waals surface area contributed by atoms with Crippen molar-refractivity contribution in [1.29, 1.82) is 0 Å². The van der Waals surface area contributed by atoms with Gasteiger partial charge in [-0.05, 0) is 18.9 Å². The summed E-state index contributed by atoms with van der Waals surface area (Å²) in [5.41, 5.74) is 8.69. The Balaban J connectivity index is 2.06. The highest BCUT2D eigenvalue weighted by Crippen LogP contribution is 2.38. The van der Waals surface area contributed by atoms with Gasteiger partial charge < -0.3 is 5.73 Å². The standard InChI is InChI=1S/C16H16N2O/c17-13-9-10-18-15(11-7-4-8-11)14(13)16(19)12-5-2-1-3-6-12/h1-3,5-6,9-11H,4,7-8H2,(H2,17,18). The average Bonchev–Trinajstić information content (AvgIpc) is 2.37. The van der Waals surface area contributed by atoms with E-state index in [0.717, 1.165) is 18.5 Å². The Kier molecular flexibility index (Phi) is 3.03. The van der Waals surface area contributed by atoms with E-state index in [2.05, 4.69) is 4.98 Å². The van der Waals surface area contributed by atoms with Crippen molar-refractivity contribution in [2.45, 2.75) is 25.2 Å². The van der Waals surface area contributed by atoms with E-state index in [1.54, 1.807) is 12.3 Å². The third-order valence-electron chi connectivity index (χ3n) is 3.77. The van der Waals surface area contributed by atoms with Gasteiger partial charge in [0.1, 0.15) is 0 Å². The van der Waals surface area contributed by atoms with E-state index < -0.39 is 0 Å². The van der Waals surface area contributed by atoms with Gasteiger partial charge >= 0.3 is 0 Å². The number of nitrogens with zero attached hydrogens (tertiary/aromatic N) is 1. The van der Waals surface area contributed by atoms with Gasteiger partial charge in [-0.2, -0.15) is 0 Å². The monoisotopic (exact) mass is 252 g/mol. The van der Waals surface area contributed by atoms with Crippen LogP contribution in [0.2, 0.25) is 0 Å². The lowest BCUT2D eigenvalue weighted by molar-refractivity contribution is 0.103. The number of nitrogens with two attached hydrogens (primary N) is 1. The largest absolute Gasteiger partial charge is 0.398 e. The molecule has 0 spiro atoms. The van der Waals surface area contributed by atoms with Crippen molar-refractivity contribution in [3.05, 3.63) is 59.4 Å². The fraction of sp³-hybridized carbons (Fsp3) is 0.250. The first-order chi connectivity index (χ1) is 9.27. The Bertz CT molecular complexity index is 603. The number of hydrogen-bond donors (Lipinski definition) is 1. The van der Waals surface area contributed by atoms with Crippen LogP contribution in [0.1, 0.15) is 46.8 Å². The summed E-state index contributed by atoms with van der Waals surface area (Å²) < 4.78 is 0. The predicted octanol–water partition coefficient (Wildman–Crippen LogP) is 3.16. The second kappa shape index (κ2) is 4.84. The summed E-state index contributed by atoms with van der Waals surface area (Å²) in [5.74, 6) is 0.374. The molecule has 1 aliphatic carbocycles. The minimum absolute atomic E-state index is 0.0203. The lowest BCUT2D eigenvalue weighted by atomic mass is 9.79. The smallest absolute Gasteiger partial charge is 0.196 e. The summed E-state index contributed by atoms with van der Waals surface area (Å²) in [4.78, 5) is 17.0. The van der Waals surface area contributed by atoms with E-state index in [9.17, 15) is 4.79 Å². The van der Waals surface area contributed by atoms with Crippen LogP contribution in [0.4, 0.5) is 5.69 Å². The van der Waals surface area contributed by atoms with Crippen LogP contribution in [0, 0.1) is 0 Å². The zero-order valence-electron chi connectivity index (χ0n) is 10.7. The van der Waals surface area contributed by atoms with Crippen LogP contribution in [-0.2, 0) is 0 Å². The lowest BCUT2D eigenvalue weighted by Gasteiger charge is -2.26. The van der Waals surface area contributed by atoms with Gasteiger partial charge in [-0.15, -0.1) is 0 Å². The van der Waals surface area contributed by atoms with Crippen LogP contribution < -0.4 is 5.73 Å². The number of benzene rings is 1. The van der Waals surface area contributed by atoms with Crippen molar-refractivity contribution < 1.29 is 4.79 Å². The third-order valence-corrected chi connectivity index (χ3v) is 3.77. The molecule has 3 nitrogen and oxygen atoms in total. The first-order valence-corrected chi connectivity index (χ1v) is 6.61. The molecule has 19 heavy (non-hydrogen) atoms. The fourth-order valence-electron chi connectivity index (χ4n) is 2.47. The Morgan fingerprint density at radius 1 is 1.16 bits per heavy atom. The predicted molar refractivity (Wildman–Crippen MR) is 75.1 cm³/mol. The Morgan fingerprint density at radius 2 is 1.89 bits per heavy atom. The molecular weight excluding hydrogens is 236 g/mol. The summed E-state index contributed by atoms with van der Waals surface area (Å²) in [6, 6.07) is 11.0. The number of aromatic nitrogens is 1. The lowest BCUT2D eigenvalue weighted by Crippen LogP contribution is -2.18. The highest BCUT2D eigenvalue weighted by molar-refractivity contribution is 6.12. The number of nitrogen functional groups attached to an aromatic ring is 1. The van der Waals surface area contributed by atoms with E-state index in [0.29, 0.717) is 22.7 Å². The molecule has 96 valence electrons. The van der Waals surface area contributed by atoms with Crippen LogP contribution in [0.3, 0.4) is 0 Å². The summed E-state index contributed by atoms with van der Waals surface area (Å²) in [6.45, 7) is 0. The first-order valence-electron chi connectivity index (χ1n) is 6.61. The van der Waals surface area contributed by atoms with Gasteiger partial charge in [0.2, 0.25) is 0 Å². The zero-order chi connectivity index (χ0) is 13.2. The van der Waals surface area contributed by atoms with Gasteiger partial charge in [-0.3, -0.25) is 9.78 Å². The maximum Gasteiger partial charge on any atom is 0.196 e. The van der Waals surface area contributed by atoms with Crippen LogP contribution in [0.25, 0.3) is 0 Å². The van der Waals surface area contributed by atoms with Crippen molar-refractivity contribution in [3.63, 3.8) is 0 Å². The molecule has 1 fully saturated rings. The summed E-state index contributed by atoms with van der Waals surface area (Å²) >= 11 is 0. The fourth-order valence-corrected chi connectivity index (χ4v) is 2.47. The number of rotatable bonds is 3. The highest BCUT2D eigenvalue weighted by atomic mass is 16.1. The highest BCUT2D eigenvalue weighted by Gasteiger charge is 2.27. The number of ketones is 1. The van der Waals surface area contributed by atoms with E-state index in [4.69, 9.17) is 5.73 Å². The number of pyridine rings is 1. The van der Waals surface area contributed by atoms with E-state index in [1.807, 2.05) is 30.3 Å². The number of anilines is 1. The molecule has 0 aliphatic heterocycles. The van der Waals surface area contributed by atoms with Crippen LogP contribution >= 0.6 is 0 Å². The second-order valence-corrected chi connectivity index (χ2v) is 4.98. The van der Waals surface area contributed by atoms with E-state index >= 15 is 0 Å². The van der Waals surface area contributed by atoms with Crippen molar-refractivity contribution in [3.8, 4) is 0 Å². The molecule has 1 aliphatic rings. The molecule has 0 amide bonds. The van der Waals surface area contributed by atoms with Gasteiger partial charge in [-0.25, -0.2) is 0 Å². The van der Waals surface area contributed by atoms with Gasteiger partial charge in [0.15, 0.2) is 5.78 Å². The molecule has 1 aromatic heterocycles. The maximum absolute atomic E-state index is 12.6. The molecule has 3 rings (SSSR count). The molecular formula is C16H16N2O. The minimum atomic E-state index is -0.0203. The summed E-state index contributed by atoms with van der Waals surface area (Å²) in [6.07, 6.45) is 5.11. The molecule has 1 heterocycles. The summed E-state index contributed by atoms with van der Waals surface area (Å²) in [7, 11) is 0. The molecule has 3 heteroatoms. The normalized spacial score (nSPS) is 14.9. The SMILES string of the molecule is Nc1ccnc(C2CCC2)c1C(=O)c1ccccc1. The molecule has 0 unspecified atom stereocenters. The molecule has 1 aromatic carbocycles. The Hall–Kier alpha value is -2.16. The average molecular weight is 252 g/mol. The van der Waals surface area contributed by atoms with Crippen molar-refractivity contribution in [2.24, 2.45) is 0 Å². The molecule has 2 N–H and O–H groups in total. The molecule has 0 radical (unpaired) electrons. The van der Waals surface area contributed by atoms with Crippen LogP contribution in [0.15, 0.2) is 42.6 Å². The van der Waals surface area contributed by atoms with Crippen molar-refractivity contribution in [1.82, 2.24) is 4.98 Å². The van der Waals surface area contributed by atoms with Crippen LogP contribution in [0.5, 0.6) is 0 Å². The first kappa shape index (κ1) is 11.9. The summed E-state index contributed by atoms with van der Waals surface area (Å²) in [5, 5.41) is 0. The van der Waals surface area contributed by atoms with Gasteiger partial charge in [0.05, 0.1) is 11.3 Å². The minimum Gasteiger partial charge on any atom is -0.398 e. The number of carbonyl (C=O) groups excluding carboxylic acids is 1. The molecule has 0 atom stereocenters. The van der Waals surface area contributed by atoms with E-state index in [1.165, 1.54) is 6.42 Å². The number of carbonyl (C=O) groups is 1. The van der Waals surface area contributed by atoms with Crippen LogP contribution in [-0.4, -0.2) is 10.8 Å². The quantitative estimate of drug-likeness (QED) is 0.854. The van der Waals surface area contributed by atoms with Crippen molar-refractivity contribution in [2.75, 3.05) is 5.73 Å². The third kappa shape index (κ3) is 2.12. The van der Waals surface area contributed by atoms with Crippen molar-refractivity contribution >= 4 is 11.5 Å². The Labute approximate surface area is 112 Å². The molecule has 2 aromatic rings.